The van der Waals surface area contributed by atoms with Gasteiger partial charge in [0, 0.05) is 10.8 Å². The van der Waals surface area contributed by atoms with Gasteiger partial charge in [0.25, 0.3) is 0 Å². The maximum Gasteiger partial charge on any atom is 0.0296 e. The van der Waals surface area contributed by atoms with E-state index in [2.05, 4.69) is 170 Å². The van der Waals surface area contributed by atoms with E-state index in [1.54, 1.807) is 0 Å². The second kappa shape index (κ2) is 10.3. The first-order chi connectivity index (χ1) is 25.7. The molecule has 0 heteroatoms. The van der Waals surface area contributed by atoms with E-state index >= 15 is 0 Å². The van der Waals surface area contributed by atoms with Gasteiger partial charge < -0.3 is 0 Å². The number of benzene rings is 8. The molecular formula is C52H36. The summed E-state index contributed by atoms with van der Waals surface area (Å²) in [5, 5.41) is 2.87. The molecule has 0 nitrogen and oxygen atoms in total. The van der Waals surface area contributed by atoms with Gasteiger partial charge in [-0.25, -0.2) is 0 Å². The normalized spacial score (nSPS) is 16.1. The van der Waals surface area contributed by atoms with Crippen molar-refractivity contribution in [2.45, 2.75) is 36.5 Å². The van der Waals surface area contributed by atoms with Gasteiger partial charge in [0.15, 0.2) is 0 Å². The zero-order valence-corrected chi connectivity index (χ0v) is 29.0. The Morgan fingerprint density at radius 3 is 1.35 bits per heavy atom. The van der Waals surface area contributed by atoms with Gasteiger partial charge in [-0.05, 0) is 144 Å². The second-order valence-corrected chi connectivity index (χ2v) is 15.7. The highest BCUT2D eigenvalue weighted by Crippen LogP contribution is 2.62. The summed E-state index contributed by atoms with van der Waals surface area (Å²) in [7, 11) is 0. The van der Waals surface area contributed by atoms with Crippen molar-refractivity contribution in [2.24, 2.45) is 0 Å². The van der Waals surface area contributed by atoms with Crippen molar-refractivity contribution in [3.8, 4) is 44.5 Å². The predicted molar refractivity (Wildman–Crippen MR) is 215 cm³/mol. The van der Waals surface area contributed by atoms with E-state index in [4.69, 9.17) is 0 Å². The van der Waals surface area contributed by atoms with Crippen LogP contribution in [0.25, 0.3) is 55.3 Å². The van der Waals surface area contributed by atoms with E-state index in [9.17, 15) is 0 Å². The Morgan fingerprint density at radius 1 is 0.308 bits per heavy atom. The van der Waals surface area contributed by atoms with Gasteiger partial charge in [0.05, 0.1) is 0 Å². The van der Waals surface area contributed by atoms with Crippen LogP contribution in [0.3, 0.4) is 0 Å². The SMILES string of the molecule is c1ccc(-c2ccc3c(c2)C2(Cc4ccccc4C2)c2cc4c5c(cccc5c2-3)C2(Cc3ccccc3C2)c2cc(-c3ccccc3)ccc2-4)cc1. The second-order valence-electron chi connectivity index (χ2n) is 15.7. The molecule has 8 aromatic rings. The molecule has 0 radical (unpaired) electrons. The fraction of sp³-hybridized carbons (Fsp3) is 0.115. The molecule has 0 amide bonds. The fourth-order valence-corrected chi connectivity index (χ4v) is 11.0. The lowest BCUT2D eigenvalue weighted by atomic mass is 9.63. The molecule has 0 saturated heterocycles. The summed E-state index contributed by atoms with van der Waals surface area (Å²) in [5.41, 5.74) is 22.6. The van der Waals surface area contributed by atoms with Gasteiger partial charge in [-0.2, -0.15) is 0 Å². The van der Waals surface area contributed by atoms with Crippen molar-refractivity contribution in [2.75, 3.05) is 0 Å². The number of hydrogen-bond acceptors (Lipinski definition) is 0. The van der Waals surface area contributed by atoms with Crippen molar-refractivity contribution < 1.29 is 0 Å². The third kappa shape index (κ3) is 3.72. The molecule has 0 N–H and O–H groups in total. The Morgan fingerprint density at radius 2 is 0.788 bits per heavy atom. The summed E-state index contributed by atoms with van der Waals surface area (Å²) in [6.45, 7) is 0. The number of hydrogen-bond donors (Lipinski definition) is 0. The Balaban J connectivity index is 1.17. The van der Waals surface area contributed by atoms with Crippen LogP contribution in [-0.2, 0) is 36.5 Å². The molecule has 0 saturated carbocycles. The van der Waals surface area contributed by atoms with E-state index in [0.717, 1.165) is 25.7 Å². The first kappa shape index (κ1) is 28.7. The summed E-state index contributed by atoms with van der Waals surface area (Å²) in [6, 6.07) is 64.9. The van der Waals surface area contributed by atoms with E-state index < -0.39 is 0 Å². The molecule has 0 heterocycles. The van der Waals surface area contributed by atoms with Crippen LogP contribution >= 0.6 is 0 Å². The Hall–Kier alpha value is -5.98. The van der Waals surface area contributed by atoms with Gasteiger partial charge in [-0.3, -0.25) is 0 Å². The third-order valence-electron chi connectivity index (χ3n) is 13.2. The Kier molecular flexibility index (Phi) is 5.68. The smallest absolute Gasteiger partial charge is 0.0296 e. The lowest BCUT2D eigenvalue weighted by Gasteiger charge is -2.39. The summed E-state index contributed by atoms with van der Waals surface area (Å²) in [6.07, 6.45) is 4.12. The third-order valence-corrected chi connectivity index (χ3v) is 13.2. The highest BCUT2D eigenvalue weighted by Gasteiger charge is 2.50. The zero-order valence-electron chi connectivity index (χ0n) is 29.0. The molecule has 4 aliphatic carbocycles. The molecule has 0 aliphatic heterocycles. The average Bonchev–Trinajstić information content (AvgIpc) is 3.88. The standard InChI is InChI=1S/C52H36/c1-3-12-33(13-4-1)35-22-24-41-44-28-48-49(43-20-11-21-45(50(43)44)51(46(41)26-35)29-37-16-7-8-17-38(37)30-51)42-25-23-36(34-14-5-2-6-15-34)27-47(42)52(48)31-39-18-9-10-19-40(39)32-52/h1-28H,29-32H2. The Bertz CT molecular complexity index is 2730. The molecule has 0 fully saturated rings. The molecule has 12 rings (SSSR count). The molecule has 0 aromatic heterocycles. The summed E-state index contributed by atoms with van der Waals surface area (Å²) >= 11 is 0. The van der Waals surface area contributed by atoms with Crippen LogP contribution in [0, 0.1) is 0 Å². The lowest BCUT2D eigenvalue weighted by molar-refractivity contribution is 0.551. The van der Waals surface area contributed by atoms with Crippen molar-refractivity contribution >= 4 is 10.8 Å². The highest BCUT2D eigenvalue weighted by atomic mass is 14.5. The van der Waals surface area contributed by atoms with Crippen molar-refractivity contribution in [1.82, 2.24) is 0 Å². The molecular weight excluding hydrogens is 625 g/mol. The summed E-state index contributed by atoms with van der Waals surface area (Å²) < 4.78 is 0. The van der Waals surface area contributed by atoms with E-state index in [1.807, 2.05) is 0 Å². The molecule has 52 heavy (non-hydrogen) atoms. The van der Waals surface area contributed by atoms with Gasteiger partial charge in [0.2, 0.25) is 0 Å². The Labute approximate surface area is 305 Å². The minimum Gasteiger partial charge on any atom is -0.0622 e. The van der Waals surface area contributed by atoms with Crippen LogP contribution in [-0.4, -0.2) is 0 Å². The zero-order chi connectivity index (χ0) is 34.0. The monoisotopic (exact) mass is 660 g/mol. The maximum atomic E-state index is 2.66. The first-order valence-electron chi connectivity index (χ1n) is 18.9. The van der Waals surface area contributed by atoms with Gasteiger partial charge in [-0.15, -0.1) is 0 Å². The van der Waals surface area contributed by atoms with Crippen LogP contribution in [0.1, 0.15) is 44.5 Å². The number of fused-ring (bicyclic) bond motifs is 12. The largest absolute Gasteiger partial charge is 0.0622 e. The molecule has 4 aliphatic rings. The summed E-state index contributed by atoms with van der Waals surface area (Å²) in [4.78, 5) is 0. The van der Waals surface area contributed by atoms with Crippen LogP contribution < -0.4 is 0 Å². The lowest BCUT2D eigenvalue weighted by Crippen LogP contribution is -2.32. The van der Waals surface area contributed by atoms with Crippen molar-refractivity contribution in [3.63, 3.8) is 0 Å². The number of rotatable bonds is 2. The topological polar surface area (TPSA) is 0 Å². The predicted octanol–water partition coefficient (Wildman–Crippen LogP) is 12.3. The minimum absolute atomic E-state index is 0.108. The van der Waals surface area contributed by atoms with E-state index in [-0.39, 0.29) is 10.8 Å². The molecule has 2 spiro atoms. The first-order valence-corrected chi connectivity index (χ1v) is 18.9. The highest BCUT2D eigenvalue weighted by molar-refractivity contribution is 6.13. The minimum atomic E-state index is -0.121. The quantitative estimate of drug-likeness (QED) is 0.173. The molecule has 0 bridgehead atoms. The van der Waals surface area contributed by atoms with Crippen LogP contribution in [0.4, 0.5) is 0 Å². The van der Waals surface area contributed by atoms with Gasteiger partial charge in [0.1, 0.15) is 0 Å². The maximum absolute atomic E-state index is 2.66. The van der Waals surface area contributed by atoms with Crippen LogP contribution in [0.2, 0.25) is 0 Å². The van der Waals surface area contributed by atoms with E-state index in [0.29, 0.717) is 0 Å². The average molecular weight is 661 g/mol. The van der Waals surface area contributed by atoms with E-state index in [1.165, 1.54) is 99.8 Å². The van der Waals surface area contributed by atoms with Crippen molar-refractivity contribution in [3.05, 3.63) is 214 Å². The summed E-state index contributed by atoms with van der Waals surface area (Å²) in [5.74, 6) is 0. The van der Waals surface area contributed by atoms with Gasteiger partial charge >= 0.3 is 0 Å². The molecule has 0 atom stereocenters. The molecule has 8 aromatic carbocycles. The van der Waals surface area contributed by atoms with Gasteiger partial charge in [-0.1, -0.05) is 152 Å². The fourth-order valence-electron chi connectivity index (χ4n) is 11.0. The molecule has 244 valence electrons. The van der Waals surface area contributed by atoms with Crippen molar-refractivity contribution in [1.29, 1.82) is 0 Å². The molecule has 0 unspecified atom stereocenters. The van der Waals surface area contributed by atoms with Crippen LogP contribution in [0.15, 0.2) is 170 Å². The van der Waals surface area contributed by atoms with Crippen LogP contribution in [0.5, 0.6) is 0 Å².